The number of unbranched alkanes of at least 4 members (excludes halogenated alkanes) is 5. The van der Waals surface area contributed by atoms with Gasteiger partial charge < -0.3 is 0 Å². The van der Waals surface area contributed by atoms with Crippen molar-refractivity contribution in [3.8, 4) is 0 Å². The van der Waals surface area contributed by atoms with E-state index in [-0.39, 0.29) is 0 Å². The monoisotopic (exact) mass is 370 g/mol. The lowest BCUT2D eigenvalue weighted by Gasteiger charge is -2.04. The molecule has 0 unspecified atom stereocenters. The van der Waals surface area contributed by atoms with Gasteiger partial charge in [0.25, 0.3) is 0 Å². The summed E-state index contributed by atoms with van der Waals surface area (Å²) in [5.74, 6) is 0. The van der Waals surface area contributed by atoms with Crippen molar-refractivity contribution >= 4 is 0 Å². The van der Waals surface area contributed by atoms with Gasteiger partial charge in [0.15, 0.2) is 0 Å². The van der Waals surface area contributed by atoms with Gasteiger partial charge in [0, 0.05) is 0 Å². The van der Waals surface area contributed by atoms with Crippen LogP contribution >= 0.6 is 0 Å². The van der Waals surface area contributed by atoms with Crippen molar-refractivity contribution < 1.29 is 0 Å². The Bertz CT molecular complexity index is 488. The van der Waals surface area contributed by atoms with E-state index in [1.807, 2.05) is 12.2 Å². The Hall–Kier alpha value is -1.56. The zero-order valence-corrected chi connectivity index (χ0v) is 19.1. The van der Waals surface area contributed by atoms with Crippen LogP contribution in [0.3, 0.4) is 0 Å². The summed E-state index contributed by atoms with van der Waals surface area (Å²) >= 11 is 0. The number of allylic oxidation sites excluding steroid dienone is 8. The second kappa shape index (κ2) is 19.2. The van der Waals surface area contributed by atoms with Gasteiger partial charge in [-0.1, -0.05) is 85.3 Å². The molecule has 0 heterocycles. The molecule has 0 aliphatic heterocycles. The fraction of sp³-hybridized carbons (Fsp3) is 0.556. The Morgan fingerprint density at radius 2 is 1.07 bits per heavy atom. The van der Waals surface area contributed by atoms with Crippen LogP contribution in [0.2, 0.25) is 0 Å². The molecule has 0 aromatic carbocycles. The highest BCUT2D eigenvalue weighted by molar-refractivity contribution is 5.11. The normalized spacial score (nSPS) is 9.52. The predicted octanol–water partition coefficient (Wildman–Crippen LogP) is 9.68. The van der Waals surface area contributed by atoms with Crippen molar-refractivity contribution in [3.63, 3.8) is 0 Å². The van der Waals surface area contributed by atoms with E-state index in [0.29, 0.717) is 0 Å². The maximum Gasteiger partial charge on any atom is -0.0285 e. The van der Waals surface area contributed by atoms with Gasteiger partial charge >= 0.3 is 0 Å². The summed E-state index contributed by atoms with van der Waals surface area (Å²) in [6, 6.07) is 0. The molecule has 154 valence electrons. The summed E-state index contributed by atoms with van der Waals surface area (Å²) in [5.41, 5.74) is 6.79. The van der Waals surface area contributed by atoms with Crippen molar-refractivity contribution in [1.29, 1.82) is 0 Å². The second-order valence-corrected chi connectivity index (χ2v) is 7.95. The predicted molar refractivity (Wildman–Crippen MR) is 128 cm³/mol. The third-order valence-corrected chi connectivity index (χ3v) is 4.74. The van der Waals surface area contributed by atoms with E-state index in [1.54, 1.807) is 5.57 Å². The lowest BCUT2D eigenvalue weighted by atomic mass is 10.0. The SMILES string of the molecule is C=CC(=C)CCCCCC(C)=C(C)C.C=CC(=C)CCCCCC=C(C)C. The second-order valence-electron chi connectivity index (χ2n) is 7.95. The lowest BCUT2D eigenvalue weighted by Crippen LogP contribution is -1.84. The Morgan fingerprint density at radius 3 is 1.48 bits per heavy atom. The zero-order chi connectivity index (χ0) is 21.1. The summed E-state index contributed by atoms with van der Waals surface area (Å²) in [6.07, 6.45) is 18.4. The minimum atomic E-state index is 1.11. The fourth-order valence-electron chi connectivity index (χ4n) is 2.44. The summed E-state index contributed by atoms with van der Waals surface area (Å²) < 4.78 is 0. The topological polar surface area (TPSA) is 0 Å². The quantitative estimate of drug-likeness (QED) is 0.162. The molecular weight excluding hydrogens is 324 g/mol. The maximum absolute atomic E-state index is 3.91. The Labute approximate surface area is 171 Å². The molecule has 0 rings (SSSR count). The van der Waals surface area contributed by atoms with Crippen molar-refractivity contribution in [2.24, 2.45) is 0 Å². The Balaban J connectivity index is 0. The molecule has 27 heavy (non-hydrogen) atoms. The van der Waals surface area contributed by atoms with Crippen molar-refractivity contribution in [2.75, 3.05) is 0 Å². The molecule has 0 N–H and O–H groups in total. The highest BCUT2D eigenvalue weighted by Crippen LogP contribution is 2.14. The van der Waals surface area contributed by atoms with E-state index in [1.165, 1.54) is 73.7 Å². The van der Waals surface area contributed by atoms with Crippen LogP contribution in [-0.4, -0.2) is 0 Å². The average Bonchev–Trinajstić information content (AvgIpc) is 2.63. The molecule has 0 aromatic rings. The first-order valence-electron chi connectivity index (χ1n) is 10.6. The minimum Gasteiger partial charge on any atom is -0.0988 e. The van der Waals surface area contributed by atoms with E-state index < -0.39 is 0 Å². The first-order chi connectivity index (χ1) is 12.7. The summed E-state index contributed by atoms with van der Waals surface area (Å²) in [4.78, 5) is 0. The van der Waals surface area contributed by atoms with Gasteiger partial charge in [-0.2, -0.15) is 0 Å². The van der Waals surface area contributed by atoms with E-state index in [4.69, 9.17) is 0 Å². The third kappa shape index (κ3) is 22.4. The molecule has 0 nitrogen and oxygen atoms in total. The molecule has 0 saturated carbocycles. The molecule has 0 fully saturated rings. The van der Waals surface area contributed by atoms with Gasteiger partial charge in [0.05, 0.1) is 0 Å². The van der Waals surface area contributed by atoms with Crippen LogP contribution in [0.5, 0.6) is 0 Å². The van der Waals surface area contributed by atoms with Gasteiger partial charge in [0.1, 0.15) is 0 Å². The molecule has 0 aliphatic rings. The molecule has 0 amide bonds. The zero-order valence-electron chi connectivity index (χ0n) is 19.1. The number of hydrogen-bond donors (Lipinski definition) is 0. The van der Waals surface area contributed by atoms with Gasteiger partial charge in [-0.05, 0) is 86.0 Å². The van der Waals surface area contributed by atoms with E-state index in [9.17, 15) is 0 Å². The summed E-state index contributed by atoms with van der Waals surface area (Å²) in [6.45, 7) is 26.1. The first kappa shape index (κ1) is 27.7. The van der Waals surface area contributed by atoms with Crippen LogP contribution in [-0.2, 0) is 0 Å². The van der Waals surface area contributed by atoms with Crippen LogP contribution in [0.15, 0.2) is 72.4 Å². The highest BCUT2D eigenvalue weighted by Gasteiger charge is 1.94. The van der Waals surface area contributed by atoms with Crippen molar-refractivity contribution in [2.45, 2.75) is 98.8 Å². The average molecular weight is 371 g/mol. The number of hydrogen-bond acceptors (Lipinski definition) is 0. The molecular formula is C27H46. The molecule has 0 saturated heterocycles. The Morgan fingerprint density at radius 1 is 0.630 bits per heavy atom. The van der Waals surface area contributed by atoms with E-state index in [0.717, 1.165) is 12.8 Å². The molecule has 0 aromatic heterocycles. The molecule has 0 heteroatoms. The molecule has 0 radical (unpaired) electrons. The summed E-state index contributed by atoms with van der Waals surface area (Å²) in [5, 5.41) is 0. The Kier molecular flexibility index (Phi) is 19.7. The van der Waals surface area contributed by atoms with Crippen LogP contribution in [0, 0.1) is 0 Å². The lowest BCUT2D eigenvalue weighted by molar-refractivity contribution is 0.675. The van der Waals surface area contributed by atoms with Crippen molar-refractivity contribution in [1.82, 2.24) is 0 Å². The summed E-state index contributed by atoms with van der Waals surface area (Å²) in [7, 11) is 0. The van der Waals surface area contributed by atoms with Gasteiger partial charge in [-0.15, -0.1) is 0 Å². The smallest absolute Gasteiger partial charge is 0.0285 e. The van der Waals surface area contributed by atoms with Gasteiger partial charge in [-0.3, -0.25) is 0 Å². The first-order valence-corrected chi connectivity index (χ1v) is 10.6. The highest BCUT2D eigenvalue weighted by atomic mass is 14.0. The number of rotatable bonds is 14. The fourth-order valence-corrected chi connectivity index (χ4v) is 2.44. The van der Waals surface area contributed by atoms with E-state index in [2.05, 4.69) is 67.0 Å². The molecule has 0 spiro atoms. The third-order valence-electron chi connectivity index (χ3n) is 4.74. The molecule has 0 atom stereocenters. The molecule has 0 aliphatic carbocycles. The van der Waals surface area contributed by atoms with Crippen LogP contribution < -0.4 is 0 Å². The van der Waals surface area contributed by atoms with Gasteiger partial charge in [0.2, 0.25) is 0 Å². The van der Waals surface area contributed by atoms with Crippen LogP contribution in [0.25, 0.3) is 0 Å². The minimum absolute atomic E-state index is 1.11. The largest absolute Gasteiger partial charge is 0.0988 e. The van der Waals surface area contributed by atoms with Crippen LogP contribution in [0.1, 0.15) is 98.8 Å². The van der Waals surface area contributed by atoms with E-state index >= 15 is 0 Å². The molecule has 0 bridgehead atoms. The maximum atomic E-state index is 3.91. The van der Waals surface area contributed by atoms with Crippen molar-refractivity contribution in [3.05, 3.63) is 72.4 Å². The van der Waals surface area contributed by atoms with Gasteiger partial charge in [-0.25, -0.2) is 0 Å². The van der Waals surface area contributed by atoms with Crippen LogP contribution in [0.4, 0.5) is 0 Å². The standard InChI is InChI=1S/C14H24.C13H22/c1-6-13(4)10-8-7-9-11-14(5)12(2)3;1-5-13(4)11-9-7-6-8-10-12(2)3/h6H,1,4,7-11H2,2-3,5H3;5,10H,1,4,6-9,11H2,2-3H3.